The third-order valence-corrected chi connectivity index (χ3v) is 3.68. The van der Waals surface area contributed by atoms with Crippen LogP contribution >= 0.6 is 0 Å². The first-order valence-electron chi connectivity index (χ1n) is 8.36. The summed E-state index contributed by atoms with van der Waals surface area (Å²) in [6, 6.07) is 13.1. The maximum atomic E-state index is 11.3. The third kappa shape index (κ3) is 5.37. The van der Waals surface area contributed by atoms with Crippen molar-refractivity contribution in [2.45, 2.75) is 26.7 Å². The monoisotopic (exact) mass is 350 g/mol. The molecule has 2 aromatic heterocycles. The second kappa shape index (κ2) is 9.27. The largest absolute Gasteiger partial charge is 0.399 e. The molecule has 134 valence electrons. The highest BCUT2D eigenvalue weighted by Gasteiger charge is 2.08. The Morgan fingerprint density at radius 2 is 1.77 bits per heavy atom. The Morgan fingerprint density at radius 3 is 2.35 bits per heavy atom. The van der Waals surface area contributed by atoms with Crippen LogP contribution in [0.15, 0.2) is 59.7 Å². The number of ketones is 1. The summed E-state index contributed by atoms with van der Waals surface area (Å²) in [5, 5.41) is 6.18. The molecule has 6 heteroatoms. The van der Waals surface area contributed by atoms with Crippen molar-refractivity contribution in [3.8, 4) is 11.3 Å². The van der Waals surface area contributed by atoms with Gasteiger partial charge in [-0.05, 0) is 49.2 Å². The van der Waals surface area contributed by atoms with E-state index >= 15 is 0 Å². The van der Waals surface area contributed by atoms with E-state index in [0.29, 0.717) is 5.69 Å². The van der Waals surface area contributed by atoms with Gasteiger partial charge in [-0.3, -0.25) is 14.6 Å². The van der Waals surface area contributed by atoms with Gasteiger partial charge >= 0.3 is 0 Å². The number of nitrogens with zero attached hydrogens (tertiary/aromatic N) is 2. The molecule has 0 aliphatic rings. The maximum Gasteiger partial charge on any atom is 0.275 e. The number of hydrogen-bond acceptors (Lipinski definition) is 5. The average molecular weight is 350 g/mol. The molecule has 0 amide bonds. The molecule has 0 bridgehead atoms. The summed E-state index contributed by atoms with van der Waals surface area (Å²) in [5.41, 5.74) is 8.74. The van der Waals surface area contributed by atoms with E-state index in [9.17, 15) is 9.59 Å². The van der Waals surface area contributed by atoms with E-state index in [0.717, 1.165) is 17.7 Å². The summed E-state index contributed by atoms with van der Waals surface area (Å²) in [7, 11) is 0. The van der Waals surface area contributed by atoms with Gasteiger partial charge in [-0.2, -0.15) is 5.10 Å². The molecule has 1 aromatic carbocycles. The first-order chi connectivity index (χ1) is 12.5. The molecule has 0 saturated heterocycles. The number of hydrogen-bond donors (Lipinski definition) is 2. The number of nitrogen functional groups attached to an aromatic ring is 1. The molecular formula is C20H22N4O2. The first kappa shape index (κ1) is 19.1. The first-order valence-corrected chi connectivity index (χ1v) is 8.36. The van der Waals surface area contributed by atoms with Gasteiger partial charge < -0.3 is 5.73 Å². The zero-order valence-electron chi connectivity index (χ0n) is 14.9. The van der Waals surface area contributed by atoms with Gasteiger partial charge in [0.1, 0.15) is 0 Å². The topological polar surface area (TPSA) is 102 Å². The number of nitrogens with one attached hydrogen (secondary N) is 1. The van der Waals surface area contributed by atoms with Crippen LogP contribution in [-0.4, -0.2) is 21.0 Å². The number of aryl methyl sites for hydroxylation is 1. The number of carbonyl (C=O) groups excluding carboxylic acids is 1. The molecular weight excluding hydrogens is 328 g/mol. The molecule has 0 atom stereocenters. The second-order valence-corrected chi connectivity index (χ2v) is 5.78. The minimum Gasteiger partial charge on any atom is -0.399 e. The van der Waals surface area contributed by atoms with Gasteiger partial charge in [-0.25, -0.2) is 5.10 Å². The normalized spacial score (nSPS) is 9.92. The third-order valence-electron chi connectivity index (χ3n) is 3.68. The molecule has 0 aliphatic carbocycles. The molecule has 0 fully saturated rings. The van der Waals surface area contributed by atoms with Gasteiger partial charge in [-0.15, -0.1) is 0 Å². The molecule has 26 heavy (non-hydrogen) atoms. The predicted octanol–water partition coefficient (Wildman–Crippen LogP) is 3.26. The highest BCUT2D eigenvalue weighted by molar-refractivity contribution is 5.94. The molecule has 3 N–H and O–H groups in total. The molecule has 2 heterocycles. The van der Waals surface area contributed by atoms with Crippen LogP contribution in [0.2, 0.25) is 0 Å². The highest BCUT2D eigenvalue weighted by atomic mass is 16.1. The Bertz CT molecular complexity index is 903. The number of benzene rings is 1. The molecule has 0 unspecified atom stereocenters. The standard InChI is InChI=1S/C11H9N3O2.C9H13N/c1-7(15)9-6-10(13-14-11(9)16)8-2-4-12-5-3-8;1-2-3-8-4-6-9(10)7-5-8/h2-6H,1H3,(H,14,16);4-7H,2-3,10H2,1H3. The van der Waals surface area contributed by atoms with Crippen molar-refractivity contribution < 1.29 is 4.79 Å². The zero-order chi connectivity index (χ0) is 18.9. The minimum atomic E-state index is -0.467. The molecule has 0 radical (unpaired) electrons. The van der Waals surface area contributed by atoms with E-state index in [1.807, 2.05) is 12.1 Å². The number of carbonyl (C=O) groups is 1. The van der Waals surface area contributed by atoms with Gasteiger partial charge in [0.05, 0.1) is 11.3 Å². The van der Waals surface area contributed by atoms with Crippen LogP contribution in [0.25, 0.3) is 11.3 Å². The lowest BCUT2D eigenvalue weighted by Crippen LogP contribution is -2.17. The maximum absolute atomic E-state index is 11.3. The number of aromatic amines is 1. The fourth-order valence-corrected chi connectivity index (χ4v) is 2.31. The van der Waals surface area contributed by atoms with Gasteiger partial charge in [0.25, 0.3) is 5.56 Å². The van der Waals surface area contributed by atoms with Gasteiger partial charge in [0.15, 0.2) is 5.78 Å². The summed E-state index contributed by atoms with van der Waals surface area (Å²) < 4.78 is 0. The fraction of sp³-hybridized carbons (Fsp3) is 0.200. The average Bonchev–Trinajstić information content (AvgIpc) is 2.65. The van der Waals surface area contributed by atoms with E-state index in [2.05, 4.69) is 34.2 Å². The Labute approximate surface area is 152 Å². The number of Topliss-reactive ketones (excluding diaryl/α,β-unsaturated/α-hetero) is 1. The molecule has 0 saturated carbocycles. The summed E-state index contributed by atoms with van der Waals surface area (Å²) in [6.45, 7) is 3.53. The molecule has 6 nitrogen and oxygen atoms in total. The molecule has 0 spiro atoms. The number of nitrogens with two attached hydrogens (primary N) is 1. The van der Waals surface area contributed by atoms with Crippen molar-refractivity contribution in [2.75, 3.05) is 5.73 Å². The number of aromatic nitrogens is 3. The van der Waals surface area contributed by atoms with Crippen molar-refractivity contribution in [3.63, 3.8) is 0 Å². The SMILES string of the molecule is CC(=O)c1cc(-c2ccncc2)n[nH]c1=O.CCCc1ccc(N)cc1. The Balaban J connectivity index is 0.000000209. The van der Waals surface area contributed by atoms with Crippen molar-refractivity contribution in [1.29, 1.82) is 0 Å². The van der Waals surface area contributed by atoms with Crippen LogP contribution in [0.1, 0.15) is 36.2 Å². The van der Waals surface area contributed by atoms with Crippen molar-refractivity contribution in [2.24, 2.45) is 0 Å². The second-order valence-electron chi connectivity index (χ2n) is 5.78. The van der Waals surface area contributed by atoms with Crippen LogP contribution in [0.5, 0.6) is 0 Å². The van der Waals surface area contributed by atoms with Gasteiger partial charge in [0, 0.05) is 23.6 Å². The van der Waals surface area contributed by atoms with Gasteiger partial charge in [0.2, 0.25) is 0 Å². The Kier molecular flexibility index (Phi) is 6.79. The molecule has 3 aromatic rings. The molecule has 3 rings (SSSR count). The van der Waals surface area contributed by atoms with Crippen LogP contribution in [0.3, 0.4) is 0 Å². The van der Waals surface area contributed by atoms with E-state index in [-0.39, 0.29) is 11.3 Å². The predicted molar refractivity (Wildman–Crippen MR) is 103 cm³/mol. The lowest BCUT2D eigenvalue weighted by molar-refractivity contribution is 0.101. The Morgan fingerprint density at radius 1 is 1.12 bits per heavy atom. The smallest absolute Gasteiger partial charge is 0.275 e. The van der Waals surface area contributed by atoms with Crippen LogP contribution < -0.4 is 11.3 Å². The van der Waals surface area contributed by atoms with Crippen molar-refractivity contribution in [3.05, 3.63) is 76.3 Å². The zero-order valence-corrected chi connectivity index (χ0v) is 14.9. The number of H-pyrrole nitrogens is 1. The van der Waals surface area contributed by atoms with E-state index in [1.54, 1.807) is 24.5 Å². The highest BCUT2D eigenvalue weighted by Crippen LogP contribution is 2.14. The number of rotatable bonds is 4. The lowest BCUT2D eigenvalue weighted by Gasteiger charge is -2.00. The summed E-state index contributed by atoms with van der Waals surface area (Å²) in [4.78, 5) is 26.4. The Hall–Kier alpha value is -3.28. The van der Waals surface area contributed by atoms with Crippen LogP contribution in [0.4, 0.5) is 5.69 Å². The molecule has 0 aliphatic heterocycles. The quantitative estimate of drug-likeness (QED) is 0.555. The van der Waals surface area contributed by atoms with Crippen molar-refractivity contribution in [1.82, 2.24) is 15.2 Å². The van der Waals surface area contributed by atoms with E-state index in [4.69, 9.17) is 5.73 Å². The van der Waals surface area contributed by atoms with Crippen LogP contribution in [0, 0.1) is 0 Å². The number of pyridine rings is 1. The summed E-state index contributed by atoms with van der Waals surface area (Å²) >= 11 is 0. The van der Waals surface area contributed by atoms with E-state index in [1.165, 1.54) is 25.0 Å². The lowest BCUT2D eigenvalue weighted by atomic mass is 10.1. The summed E-state index contributed by atoms with van der Waals surface area (Å²) in [6.07, 6.45) is 5.59. The van der Waals surface area contributed by atoms with E-state index < -0.39 is 5.56 Å². The summed E-state index contributed by atoms with van der Waals surface area (Å²) in [5.74, 6) is -0.279. The minimum absolute atomic E-state index is 0.113. The van der Waals surface area contributed by atoms with Crippen LogP contribution in [-0.2, 0) is 6.42 Å². The fourth-order valence-electron chi connectivity index (χ4n) is 2.31. The van der Waals surface area contributed by atoms with Gasteiger partial charge in [-0.1, -0.05) is 25.5 Å². The van der Waals surface area contributed by atoms with Crippen molar-refractivity contribution >= 4 is 11.5 Å². The number of anilines is 1.